The summed E-state index contributed by atoms with van der Waals surface area (Å²) >= 11 is 0. The van der Waals surface area contributed by atoms with Gasteiger partial charge in [-0.3, -0.25) is 4.21 Å². The highest BCUT2D eigenvalue weighted by atomic mass is 32.2. The van der Waals surface area contributed by atoms with Crippen LogP contribution in [-0.2, 0) is 16.2 Å². The molecule has 0 saturated carbocycles. The van der Waals surface area contributed by atoms with Crippen LogP contribution in [0.5, 0.6) is 5.75 Å². The summed E-state index contributed by atoms with van der Waals surface area (Å²) in [6, 6.07) is 5.27. The third-order valence-corrected chi connectivity index (χ3v) is 3.09. The standard InChI is InChI=1S/C11H16O2S/c1-11(2,3)8-6-5-7-9(12)10(8)14(4)13/h5-7,12H,1-4H3. The number of benzene rings is 1. The van der Waals surface area contributed by atoms with Gasteiger partial charge in [-0.2, -0.15) is 0 Å². The fourth-order valence-corrected chi connectivity index (χ4v) is 2.46. The van der Waals surface area contributed by atoms with Crippen molar-refractivity contribution in [2.45, 2.75) is 31.1 Å². The zero-order chi connectivity index (χ0) is 10.9. The van der Waals surface area contributed by atoms with Crippen LogP contribution in [0, 0.1) is 0 Å². The minimum atomic E-state index is -1.15. The van der Waals surface area contributed by atoms with E-state index in [1.807, 2.05) is 26.8 Å². The van der Waals surface area contributed by atoms with E-state index in [0.29, 0.717) is 4.90 Å². The molecule has 0 spiro atoms. The molecule has 2 nitrogen and oxygen atoms in total. The summed E-state index contributed by atoms with van der Waals surface area (Å²) in [7, 11) is -1.15. The molecule has 0 aliphatic carbocycles. The Morgan fingerprint density at radius 1 is 1.29 bits per heavy atom. The van der Waals surface area contributed by atoms with Gasteiger partial charge in [0.2, 0.25) is 0 Å². The molecule has 0 heterocycles. The molecule has 1 aromatic rings. The zero-order valence-electron chi connectivity index (χ0n) is 9.00. The molecule has 14 heavy (non-hydrogen) atoms. The maximum absolute atomic E-state index is 11.5. The minimum Gasteiger partial charge on any atom is -0.507 e. The van der Waals surface area contributed by atoms with Crippen molar-refractivity contribution in [2.24, 2.45) is 0 Å². The van der Waals surface area contributed by atoms with Crippen LogP contribution in [0.25, 0.3) is 0 Å². The second kappa shape index (κ2) is 3.73. The summed E-state index contributed by atoms with van der Waals surface area (Å²) in [4.78, 5) is 0.556. The van der Waals surface area contributed by atoms with Crippen molar-refractivity contribution in [1.82, 2.24) is 0 Å². The van der Waals surface area contributed by atoms with Gasteiger partial charge in [0.1, 0.15) is 5.75 Å². The summed E-state index contributed by atoms with van der Waals surface area (Å²) in [5.74, 6) is 0.123. The number of rotatable bonds is 1. The lowest BCUT2D eigenvalue weighted by Crippen LogP contribution is -2.14. The molecule has 1 rings (SSSR count). The maximum atomic E-state index is 11.5. The predicted octanol–water partition coefficient (Wildman–Crippen LogP) is 2.43. The lowest BCUT2D eigenvalue weighted by Gasteiger charge is -2.22. The summed E-state index contributed by atoms with van der Waals surface area (Å²) in [5, 5.41) is 9.63. The molecule has 1 aromatic carbocycles. The van der Waals surface area contributed by atoms with Crippen LogP contribution < -0.4 is 0 Å². The van der Waals surface area contributed by atoms with Gasteiger partial charge in [0.15, 0.2) is 0 Å². The number of aromatic hydroxyl groups is 1. The van der Waals surface area contributed by atoms with Crippen LogP contribution in [0.2, 0.25) is 0 Å². The lowest BCUT2D eigenvalue weighted by atomic mass is 9.87. The summed E-state index contributed by atoms with van der Waals surface area (Å²) in [5.41, 5.74) is 0.845. The van der Waals surface area contributed by atoms with Crippen LogP contribution in [0.1, 0.15) is 26.3 Å². The Balaban J connectivity index is 3.44. The molecule has 0 bridgehead atoms. The van der Waals surface area contributed by atoms with Crippen molar-refractivity contribution >= 4 is 10.8 Å². The number of phenols is 1. The Bertz CT molecular complexity index is 364. The van der Waals surface area contributed by atoms with Gasteiger partial charge in [0.05, 0.1) is 15.7 Å². The van der Waals surface area contributed by atoms with E-state index in [1.165, 1.54) is 0 Å². The molecule has 0 fully saturated rings. The van der Waals surface area contributed by atoms with Crippen LogP contribution in [0.3, 0.4) is 0 Å². The molecule has 0 amide bonds. The molecule has 1 atom stereocenters. The van der Waals surface area contributed by atoms with Gasteiger partial charge < -0.3 is 5.11 Å². The maximum Gasteiger partial charge on any atom is 0.131 e. The highest BCUT2D eigenvalue weighted by molar-refractivity contribution is 7.84. The summed E-state index contributed by atoms with van der Waals surface area (Å²) in [6.45, 7) is 6.12. The Labute approximate surface area is 87.4 Å². The summed E-state index contributed by atoms with van der Waals surface area (Å²) < 4.78 is 11.5. The van der Waals surface area contributed by atoms with Gasteiger partial charge in [-0.15, -0.1) is 0 Å². The molecule has 0 aliphatic heterocycles. The van der Waals surface area contributed by atoms with E-state index in [4.69, 9.17) is 0 Å². The SMILES string of the molecule is CS(=O)c1c(O)cccc1C(C)(C)C. The Kier molecular flexibility index (Phi) is 3.00. The van der Waals surface area contributed by atoms with E-state index < -0.39 is 10.8 Å². The van der Waals surface area contributed by atoms with Crippen LogP contribution in [-0.4, -0.2) is 15.6 Å². The molecule has 3 heteroatoms. The van der Waals surface area contributed by atoms with E-state index >= 15 is 0 Å². The molecule has 0 radical (unpaired) electrons. The molecule has 0 aromatic heterocycles. The van der Waals surface area contributed by atoms with Crippen LogP contribution >= 0.6 is 0 Å². The average Bonchev–Trinajstić information content (AvgIpc) is 2.01. The van der Waals surface area contributed by atoms with E-state index in [2.05, 4.69) is 0 Å². The van der Waals surface area contributed by atoms with Crippen molar-refractivity contribution < 1.29 is 9.32 Å². The number of hydrogen-bond donors (Lipinski definition) is 1. The van der Waals surface area contributed by atoms with Crippen molar-refractivity contribution in [1.29, 1.82) is 0 Å². The van der Waals surface area contributed by atoms with Crippen molar-refractivity contribution in [3.63, 3.8) is 0 Å². The molecule has 1 N–H and O–H groups in total. The first-order valence-electron chi connectivity index (χ1n) is 4.50. The van der Waals surface area contributed by atoms with Gasteiger partial charge in [0, 0.05) is 6.26 Å². The van der Waals surface area contributed by atoms with Crippen LogP contribution in [0.4, 0.5) is 0 Å². The first-order chi connectivity index (χ1) is 6.34. The fourth-order valence-electron chi connectivity index (χ4n) is 1.42. The highest BCUT2D eigenvalue weighted by Crippen LogP contribution is 2.32. The molecule has 0 aliphatic rings. The Hall–Kier alpha value is -0.830. The third-order valence-electron chi connectivity index (χ3n) is 2.09. The number of phenolic OH excluding ortho intramolecular Hbond substituents is 1. The molecule has 78 valence electrons. The van der Waals surface area contributed by atoms with Crippen LogP contribution in [0.15, 0.2) is 23.1 Å². The monoisotopic (exact) mass is 212 g/mol. The lowest BCUT2D eigenvalue weighted by molar-refractivity contribution is 0.453. The quantitative estimate of drug-likeness (QED) is 0.776. The van der Waals surface area contributed by atoms with Crippen molar-refractivity contribution in [2.75, 3.05) is 6.26 Å². The minimum absolute atomic E-state index is 0.0975. The summed E-state index contributed by atoms with van der Waals surface area (Å²) in [6.07, 6.45) is 1.59. The van der Waals surface area contributed by atoms with E-state index in [1.54, 1.807) is 18.4 Å². The Morgan fingerprint density at radius 2 is 1.86 bits per heavy atom. The third kappa shape index (κ3) is 2.15. The van der Waals surface area contributed by atoms with Gasteiger partial charge in [0.25, 0.3) is 0 Å². The number of hydrogen-bond acceptors (Lipinski definition) is 2. The van der Waals surface area contributed by atoms with Crippen molar-refractivity contribution in [3.8, 4) is 5.75 Å². The molecular weight excluding hydrogens is 196 g/mol. The van der Waals surface area contributed by atoms with Gasteiger partial charge in [-0.1, -0.05) is 32.9 Å². The van der Waals surface area contributed by atoms with Crippen molar-refractivity contribution in [3.05, 3.63) is 23.8 Å². The first kappa shape index (κ1) is 11.2. The predicted molar refractivity (Wildman–Crippen MR) is 59.1 cm³/mol. The fraction of sp³-hybridized carbons (Fsp3) is 0.455. The van der Waals surface area contributed by atoms with Gasteiger partial charge >= 0.3 is 0 Å². The Morgan fingerprint density at radius 3 is 2.21 bits per heavy atom. The van der Waals surface area contributed by atoms with E-state index in [9.17, 15) is 9.32 Å². The topological polar surface area (TPSA) is 37.3 Å². The van der Waals surface area contributed by atoms with Gasteiger partial charge in [-0.05, 0) is 17.0 Å². The second-order valence-electron chi connectivity index (χ2n) is 4.36. The first-order valence-corrected chi connectivity index (χ1v) is 6.05. The average molecular weight is 212 g/mol. The largest absolute Gasteiger partial charge is 0.507 e. The highest BCUT2D eigenvalue weighted by Gasteiger charge is 2.21. The molecule has 1 unspecified atom stereocenters. The molecule has 0 saturated heterocycles. The smallest absolute Gasteiger partial charge is 0.131 e. The van der Waals surface area contributed by atoms with E-state index in [-0.39, 0.29) is 11.2 Å². The molecular formula is C11H16O2S. The second-order valence-corrected chi connectivity index (χ2v) is 5.67. The zero-order valence-corrected chi connectivity index (χ0v) is 9.81. The van der Waals surface area contributed by atoms with E-state index in [0.717, 1.165) is 5.56 Å². The normalized spacial score (nSPS) is 14.0. The van der Waals surface area contributed by atoms with Gasteiger partial charge in [-0.25, -0.2) is 0 Å².